The van der Waals surface area contributed by atoms with Gasteiger partial charge in [0.05, 0.1) is 19.8 Å². The number of nitriles is 1. The summed E-state index contributed by atoms with van der Waals surface area (Å²) in [5, 5.41) is 9.08. The van der Waals surface area contributed by atoms with E-state index in [0.717, 1.165) is 17.1 Å². The first-order valence-electron chi connectivity index (χ1n) is 5.93. The van der Waals surface area contributed by atoms with Gasteiger partial charge in [-0.3, -0.25) is 0 Å². The van der Waals surface area contributed by atoms with Crippen molar-refractivity contribution >= 4 is 0 Å². The summed E-state index contributed by atoms with van der Waals surface area (Å²) in [4.78, 5) is 0. The molecular weight excluding hydrogens is 240 g/mol. The Hall–Kier alpha value is -2.41. The molecule has 0 saturated carbocycles. The lowest BCUT2D eigenvalue weighted by Crippen LogP contribution is -2.00. The molecule has 2 rings (SSSR count). The molecular formula is C15H16N2O2. The van der Waals surface area contributed by atoms with Gasteiger partial charge in [0.2, 0.25) is 0 Å². The van der Waals surface area contributed by atoms with Crippen LogP contribution >= 0.6 is 0 Å². The fourth-order valence-electron chi connectivity index (χ4n) is 2.24. The molecule has 98 valence electrons. The molecule has 2 aromatic rings. The number of aryl methyl sites for hydroxylation is 1. The number of hydrogen-bond donors (Lipinski definition) is 0. The van der Waals surface area contributed by atoms with Crippen LogP contribution in [0.25, 0.3) is 5.69 Å². The summed E-state index contributed by atoms with van der Waals surface area (Å²) in [6.45, 7) is 3.91. The van der Waals surface area contributed by atoms with Gasteiger partial charge in [-0.1, -0.05) is 0 Å². The molecule has 0 unspecified atom stereocenters. The minimum absolute atomic E-state index is 0.672. The molecule has 1 aromatic carbocycles. The maximum atomic E-state index is 9.08. The van der Waals surface area contributed by atoms with Crippen LogP contribution < -0.4 is 9.47 Å². The first-order valence-corrected chi connectivity index (χ1v) is 5.93. The first kappa shape index (κ1) is 13.0. The minimum Gasteiger partial charge on any atom is -0.493 e. The average Bonchev–Trinajstić information content (AvgIpc) is 2.72. The van der Waals surface area contributed by atoms with Crippen molar-refractivity contribution in [3.05, 3.63) is 41.2 Å². The largest absolute Gasteiger partial charge is 0.493 e. The zero-order chi connectivity index (χ0) is 14.0. The number of methoxy groups -OCH3 is 2. The van der Waals surface area contributed by atoms with Gasteiger partial charge in [-0.25, -0.2) is 0 Å². The molecule has 1 aromatic heterocycles. The van der Waals surface area contributed by atoms with E-state index in [1.54, 1.807) is 14.2 Å². The number of benzene rings is 1. The van der Waals surface area contributed by atoms with Gasteiger partial charge in [0.15, 0.2) is 11.5 Å². The second-order valence-electron chi connectivity index (χ2n) is 4.27. The Balaban J connectivity index is 2.60. The number of rotatable bonds is 3. The summed E-state index contributed by atoms with van der Waals surface area (Å²) in [6.07, 6.45) is 0. The highest BCUT2D eigenvalue weighted by Crippen LogP contribution is 2.30. The molecule has 0 spiro atoms. The van der Waals surface area contributed by atoms with Crippen LogP contribution in [0.1, 0.15) is 17.0 Å². The standard InChI is InChI=1S/C15H16N2O2/c1-10-7-12(9-16)11(2)17(10)13-5-6-14(18-3)15(8-13)19-4/h5-8H,1-4H3. The molecule has 4 nitrogen and oxygen atoms in total. The van der Waals surface area contributed by atoms with E-state index < -0.39 is 0 Å². The highest BCUT2D eigenvalue weighted by molar-refractivity contribution is 5.52. The maximum Gasteiger partial charge on any atom is 0.162 e. The van der Waals surface area contributed by atoms with Crippen LogP contribution in [0.4, 0.5) is 0 Å². The molecule has 1 heterocycles. The quantitative estimate of drug-likeness (QED) is 0.848. The van der Waals surface area contributed by atoms with E-state index >= 15 is 0 Å². The van der Waals surface area contributed by atoms with Gasteiger partial charge >= 0.3 is 0 Å². The third-order valence-electron chi connectivity index (χ3n) is 3.18. The fraction of sp³-hybridized carbons (Fsp3) is 0.267. The van der Waals surface area contributed by atoms with Gasteiger partial charge in [0, 0.05) is 23.1 Å². The summed E-state index contributed by atoms with van der Waals surface area (Å²) in [5.41, 5.74) is 3.58. The molecule has 0 atom stereocenters. The summed E-state index contributed by atoms with van der Waals surface area (Å²) < 4.78 is 12.6. The van der Waals surface area contributed by atoms with Crippen LogP contribution in [0.15, 0.2) is 24.3 Å². The zero-order valence-electron chi connectivity index (χ0n) is 11.5. The van der Waals surface area contributed by atoms with Crippen LogP contribution in [0.5, 0.6) is 11.5 Å². The molecule has 0 aliphatic carbocycles. The van der Waals surface area contributed by atoms with E-state index in [0.29, 0.717) is 17.1 Å². The van der Waals surface area contributed by atoms with Gasteiger partial charge in [0.1, 0.15) is 6.07 Å². The van der Waals surface area contributed by atoms with Gasteiger partial charge in [-0.2, -0.15) is 5.26 Å². The zero-order valence-corrected chi connectivity index (χ0v) is 11.5. The highest BCUT2D eigenvalue weighted by atomic mass is 16.5. The van der Waals surface area contributed by atoms with Gasteiger partial charge in [0.25, 0.3) is 0 Å². The Bertz CT molecular complexity index is 651. The van der Waals surface area contributed by atoms with E-state index in [1.807, 2.05) is 42.7 Å². The van der Waals surface area contributed by atoms with Crippen molar-refractivity contribution in [2.24, 2.45) is 0 Å². The third kappa shape index (κ3) is 2.15. The lowest BCUT2D eigenvalue weighted by atomic mass is 10.2. The Morgan fingerprint density at radius 3 is 2.26 bits per heavy atom. The van der Waals surface area contributed by atoms with Crippen molar-refractivity contribution in [2.45, 2.75) is 13.8 Å². The van der Waals surface area contributed by atoms with E-state index in [9.17, 15) is 0 Å². The molecule has 0 amide bonds. The Morgan fingerprint density at radius 2 is 1.74 bits per heavy atom. The van der Waals surface area contributed by atoms with E-state index in [-0.39, 0.29) is 0 Å². The Morgan fingerprint density at radius 1 is 1.05 bits per heavy atom. The SMILES string of the molecule is COc1ccc(-n2c(C)cc(C#N)c2C)cc1OC. The van der Waals surface area contributed by atoms with Gasteiger partial charge in [-0.05, 0) is 32.0 Å². The van der Waals surface area contributed by atoms with Crippen molar-refractivity contribution in [1.82, 2.24) is 4.57 Å². The smallest absolute Gasteiger partial charge is 0.162 e. The van der Waals surface area contributed by atoms with Crippen LogP contribution in [0.3, 0.4) is 0 Å². The maximum absolute atomic E-state index is 9.08. The number of ether oxygens (including phenoxy) is 2. The number of aromatic nitrogens is 1. The molecule has 0 N–H and O–H groups in total. The molecule has 0 bridgehead atoms. The predicted octanol–water partition coefficient (Wildman–Crippen LogP) is 2.98. The topological polar surface area (TPSA) is 47.2 Å². The summed E-state index contributed by atoms with van der Waals surface area (Å²) in [5.74, 6) is 1.36. The molecule has 0 aliphatic rings. The van der Waals surface area contributed by atoms with Gasteiger partial charge < -0.3 is 14.0 Å². The lowest BCUT2D eigenvalue weighted by Gasteiger charge is -2.13. The minimum atomic E-state index is 0.672. The second kappa shape index (κ2) is 5.07. The molecule has 4 heteroatoms. The number of nitrogens with zero attached hydrogens (tertiary/aromatic N) is 2. The second-order valence-corrected chi connectivity index (χ2v) is 4.27. The van der Waals surface area contributed by atoms with Crippen molar-refractivity contribution < 1.29 is 9.47 Å². The van der Waals surface area contributed by atoms with Crippen molar-refractivity contribution in [3.63, 3.8) is 0 Å². The number of hydrogen-bond acceptors (Lipinski definition) is 3. The van der Waals surface area contributed by atoms with E-state index in [2.05, 4.69) is 6.07 Å². The summed E-state index contributed by atoms with van der Waals surface area (Å²) >= 11 is 0. The summed E-state index contributed by atoms with van der Waals surface area (Å²) in [6, 6.07) is 9.79. The molecule has 0 fully saturated rings. The van der Waals surface area contributed by atoms with E-state index in [4.69, 9.17) is 14.7 Å². The monoisotopic (exact) mass is 256 g/mol. The van der Waals surface area contributed by atoms with Crippen molar-refractivity contribution in [1.29, 1.82) is 5.26 Å². The van der Waals surface area contributed by atoms with Crippen LogP contribution in [0.2, 0.25) is 0 Å². The average molecular weight is 256 g/mol. The van der Waals surface area contributed by atoms with Crippen LogP contribution in [0, 0.1) is 25.2 Å². The van der Waals surface area contributed by atoms with Crippen molar-refractivity contribution in [2.75, 3.05) is 14.2 Å². The Kier molecular flexibility index (Phi) is 3.48. The molecule has 0 saturated heterocycles. The lowest BCUT2D eigenvalue weighted by molar-refractivity contribution is 0.355. The van der Waals surface area contributed by atoms with E-state index in [1.165, 1.54) is 0 Å². The highest BCUT2D eigenvalue weighted by Gasteiger charge is 2.12. The fourth-order valence-corrected chi connectivity index (χ4v) is 2.24. The van der Waals surface area contributed by atoms with Gasteiger partial charge in [-0.15, -0.1) is 0 Å². The van der Waals surface area contributed by atoms with Crippen molar-refractivity contribution in [3.8, 4) is 23.3 Å². The molecule has 19 heavy (non-hydrogen) atoms. The van der Waals surface area contributed by atoms with Crippen LogP contribution in [-0.4, -0.2) is 18.8 Å². The normalized spacial score (nSPS) is 10.1. The molecule has 0 aliphatic heterocycles. The first-order chi connectivity index (χ1) is 9.12. The third-order valence-corrected chi connectivity index (χ3v) is 3.18. The summed E-state index contributed by atoms with van der Waals surface area (Å²) in [7, 11) is 3.22. The van der Waals surface area contributed by atoms with Crippen LogP contribution in [-0.2, 0) is 0 Å². The Labute approximate surface area is 112 Å². The molecule has 0 radical (unpaired) electrons. The predicted molar refractivity (Wildman–Crippen MR) is 73.1 cm³/mol.